The number of amides is 1. The average molecular weight is 218 g/mol. The molecule has 0 aliphatic heterocycles. The first-order valence-corrected chi connectivity index (χ1v) is 5.31. The SMILES string of the molecule is CCCC(O)CNC(=O)CC(CN)OC. The van der Waals surface area contributed by atoms with E-state index in [1.165, 1.54) is 7.11 Å². The summed E-state index contributed by atoms with van der Waals surface area (Å²) >= 11 is 0. The summed E-state index contributed by atoms with van der Waals surface area (Å²) in [6, 6.07) is 0. The van der Waals surface area contributed by atoms with Crippen LogP contribution in [0.15, 0.2) is 0 Å². The van der Waals surface area contributed by atoms with Crippen LogP contribution in [-0.4, -0.2) is 43.4 Å². The van der Waals surface area contributed by atoms with E-state index in [0.29, 0.717) is 19.5 Å². The number of ether oxygens (including phenoxy) is 1. The van der Waals surface area contributed by atoms with Crippen LogP contribution in [0.2, 0.25) is 0 Å². The number of aliphatic hydroxyl groups is 1. The van der Waals surface area contributed by atoms with Crippen LogP contribution in [-0.2, 0) is 9.53 Å². The number of nitrogens with one attached hydrogen (secondary N) is 1. The molecule has 5 heteroatoms. The molecule has 0 aromatic carbocycles. The van der Waals surface area contributed by atoms with Crippen LogP contribution in [0.25, 0.3) is 0 Å². The minimum absolute atomic E-state index is 0.137. The van der Waals surface area contributed by atoms with Crippen LogP contribution in [0.1, 0.15) is 26.2 Å². The Morgan fingerprint density at radius 2 is 2.27 bits per heavy atom. The Morgan fingerprint density at radius 1 is 1.60 bits per heavy atom. The van der Waals surface area contributed by atoms with Gasteiger partial charge in [0.15, 0.2) is 0 Å². The van der Waals surface area contributed by atoms with Crippen LogP contribution >= 0.6 is 0 Å². The summed E-state index contributed by atoms with van der Waals surface area (Å²) in [6.07, 6.45) is 1.14. The molecule has 0 saturated carbocycles. The molecule has 1 amide bonds. The second kappa shape index (κ2) is 8.64. The van der Waals surface area contributed by atoms with Gasteiger partial charge >= 0.3 is 0 Å². The van der Waals surface area contributed by atoms with E-state index in [-0.39, 0.29) is 18.4 Å². The van der Waals surface area contributed by atoms with Gasteiger partial charge < -0.3 is 20.9 Å². The molecule has 90 valence electrons. The first kappa shape index (κ1) is 14.3. The van der Waals surface area contributed by atoms with Gasteiger partial charge in [-0.25, -0.2) is 0 Å². The highest BCUT2D eigenvalue weighted by Gasteiger charge is 2.12. The van der Waals surface area contributed by atoms with Crippen molar-refractivity contribution in [1.29, 1.82) is 0 Å². The largest absolute Gasteiger partial charge is 0.391 e. The molecule has 0 aliphatic carbocycles. The van der Waals surface area contributed by atoms with Crippen molar-refractivity contribution in [2.75, 3.05) is 20.2 Å². The summed E-state index contributed by atoms with van der Waals surface area (Å²) in [4.78, 5) is 11.3. The lowest BCUT2D eigenvalue weighted by atomic mass is 10.2. The van der Waals surface area contributed by atoms with Crippen LogP contribution in [0.5, 0.6) is 0 Å². The van der Waals surface area contributed by atoms with Crippen molar-refractivity contribution in [3.8, 4) is 0 Å². The van der Waals surface area contributed by atoms with Crippen molar-refractivity contribution < 1.29 is 14.6 Å². The fourth-order valence-electron chi connectivity index (χ4n) is 1.21. The Hall–Kier alpha value is -0.650. The topological polar surface area (TPSA) is 84.6 Å². The van der Waals surface area contributed by atoms with Gasteiger partial charge in [0, 0.05) is 20.2 Å². The van der Waals surface area contributed by atoms with Gasteiger partial charge in [-0.05, 0) is 6.42 Å². The van der Waals surface area contributed by atoms with Crippen LogP contribution in [0.4, 0.5) is 0 Å². The highest BCUT2D eigenvalue weighted by Crippen LogP contribution is 1.96. The lowest BCUT2D eigenvalue weighted by Gasteiger charge is -2.14. The molecule has 0 saturated heterocycles. The third-order valence-electron chi connectivity index (χ3n) is 2.17. The molecule has 2 unspecified atom stereocenters. The second-order valence-electron chi connectivity index (χ2n) is 3.54. The molecule has 0 aliphatic rings. The fourth-order valence-corrected chi connectivity index (χ4v) is 1.21. The van der Waals surface area contributed by atoms with Gasteiger partial charge in [-0.1, -0.05) is 13.3 Å². The van der Waals surface area contributed by atoms with Crippen molar-refractivity contribution in [2.45, 2.75) is 38.4 Å². The number of nitrogens with two attached hydrogens (primary N) is 1. The molecular formula is C10H22N2O3. The fraction of sp³-hybridized carbons (Fsp3) is 0.900. The van der Waals surface area contributed by atoms with E-state index in [0.717, 1.165) is 6.42 Å². The molecule has 5 nitrogen and oxygen atoms in total. The van der Waals surface area contributed by atoms with Crippen LogP contribution in [0.3, 0.4) is 0 Å². The Morgan fingerprint density at radius 3 is 2.73 bits per heavy atom. The van der Waals surface area contributed by atoms with E-state index in [1.807, 2.05) is 6.92 Å². The molecule has 2 atom stereocenters. The molecule has 0 radical (unpaired) electrons. The minimum Gasteiger partial charge on any atom is -0.391 e. The quantitative estimate of drug-likeness (QED) is 0.519. The van der Waals surface area contributed by atoms with E-state index in [4.69, 9.17) is 10.5 Å². The van der Waals surface area contributed by atoms with E-state index in [1.54, 1.807) is 0 Å². The van der Waals surface area contributed by atoms with Crippen molar-refractivity contribution in [3.63, 3.8) is 0 Å². The van der Waals surface area contributed by atoms with E-state index >= 15 is 0 Å². The lowest BCUT2D eigenvalue weighted by molar-refractivity contribution is -0.123. The first-order valence-electron chi connectivity index (χ1n) is 5.31. The molecule has 0 spiro atoms. The Labute approximate surface area is 91.0 Å². The third-order valence-corrected chi connectivity index (χ3v) is 2.17. The van der Waals surface area contributed by atoms with Gasteiger partial charge in [0.25, 0.3) is 0 Å². The predicted octanol–water partition coefficient (Wildman–Crippen LogP) is -0.373. The van der Waals surface area contributed by atoms with Crippen molar-refractivity contribution in [2.24, 2.45) is 5.73 Å². The van der Waals surface area contributed by atoms with Gasteiger partial charge in [-0.3, -0.25) is 4.79 Å². The predicted molar refractivity (Wildman–Crippen MR) is 58.4 cm³/mol. The number of hydrogen-bond donors (Lipinski definition) is 3. The summed E-state index contributed by atoms with van der Waals surface area (Å²) in [5, 5.41) is 12.0. The molecule has 0 aromatic rings. The molecule has 15 heavy (non-hydrogen) atoms. The summed E-state index contributed by atoms with van der Waals surface area (Å²) in [6.45, 7) is 2.61. The van der Waals surface area contributed by atoms with Gasteiger partial charge in [0.1, 0.15) is 0 Å². The third kappa shape index (κ3) is 7.30. The van der Waals surface area contributed by atoms with Crippen LogP contribution < -0.4 is 11.1 Å². The minimum atomic E-state index is -0.460. The Bertz CT molecular complexity index is 172. The highest BCUT2D eigenvalue weighted by molar-refractivity contribution is 5.76. The second-order valence-corrected chi connectivity index (χ2v) is 3.54. The molecular weight excluding hydrogens is 196 g/mol. The smallest absolute Gasteiger partial charge is 0.222 e. The van der Waals surface area contributed by atoms with Crippen molar-refractivity contribution >= 4 is 5.91 Å². The number of carbonyl (C=O) groups is 1. The van der Waals surface area contributed by atoms with Gasteiger partial charge in [0.2, 0.25) is 5.91 Å². The molecule has 0 bridgehead atoms. The molecule has 4 N–H and O–H groups in total. The maximum absolute atomic E-state index is 11.3. The average Bonchev–Trinajstić information content (AvgIpc) is 2.23. The first-order chi connectivity index (χ1) is 7.13. The monoisotopic (exact) mass is 218 g/mol. The lowest BCUT2D eigenvalue weighted by Crippen LogP contribution is -2.36. The maximum Gasteiger partial charge on any atom is 0.222 e. The number of aliphatic hydroxyl groups excluding tert-OH is 1. The van der Waals surface area contributed by atoms with Crippen molar-refractivity contribution in [1.82, 2.24) is 5.32 Å². The number of carbonyl (C=O) groups excluding carboxylic acids is 1. The zero-order chi connectivity index (χ0) is 11.7. The number of hydrogen-bond acceptors (Lipinski definition) is 4. The van der Waals surface area contributed by atoms with E-state index < -0.39 is 6.10 Å². The standard InChI is InChI=1S/C10H22N2O3/c1-3-4-8(13)7-12-10(14)5-9(6-11)15-2/h8-9,13H,3-7,11H2,1-2H3,(H,12,14). The van der Waals surface area contributed by atoms with E-state index in [9.17, 15) is 9.90 Å². The zero-order valence-electron chi connectivity index (χ0n) is 9.53. The summed E-state index contributed by atoms with van der Waals surface area (Å²) in [7, 11) is 1.52. The molecule has 0 heterocycles. The summed E-state index contributed by atoms with van der Waals surface area (Å²) in [5.74, 6) is -0.137. The molecule has 0 fully saturated rings. The molecule has 0 aromatic heterocycles. The number of methoxy groups -OCH3 is 1. The highest BCUT2D eigenvalue weighted by atomic mass is 16.5. The number of rotatable bonds is 8. The van der Waals surface area contributed by atoms with Gasteiger partial charge in [-0.15, -0.1) is 0 Å². The van der Waals surface area contributed by atoms with Crippen LogP contribution in [0, 0.1) is 0 Å². The van der Waals surface area contributed by atoms with E-state index in [2.05, 4.69) is 5.32 Å². The summed E-state index contributed by atoms with van der Waals surface area (Å²) < 4.78 is 4.98. The molecule has 0 rings (SSSR count). The maximum atomic E-state index is 11.3. The normalized spacial score (nSPS) is 14.7. The van der Waals surface area contributed by atoms with Gasteiger partial charge in [-0.2, -0.15) is 0 Å². The Kier molecular flexibility index (Phi) is 8.27. The van der Waals surface area contributed by atoms with Gasteiger partial charge in [0.05, 0.1) is 18.6 Å². The van der Waals surface area contributed by atoms with Crippen molar-refractivity contribution in [3.05, 3.63) is 0 Å². The zero-order valence-corrected chi connectivity index (χ0v) is 9.53. The Balaban J connectivity index is 3.64. The summed E-state index contributed by atoms with van der Waals surface area (Å²) in [5.41, 5.74) is 5.38.